The summed E-state index contributed by atoms with van der Waals surface area (Å²) in [4.78, 5) is 4.25. The SMILES string of the molecule is CCC(N)n1cnc2c(N)cccc21. The molecule has 1 atom stereocenters. The number of para-hydroxylation sites is 1. The fraction of sp³-hybridized carbons (Fsp3) is 0.300. The molecule has 0 saturated heterocycles. The Morgan fingerprint density at radius 2 is 2.29 bits per heavy atom. The van der Waals surface area contributed by atoms with E-state index in [0.717, 1.165) is 17.5 Å². The average molecular weight is 190 g/mol. The van der Waals surface area contributed by atoms with Crippen LogP contribution in [-0.2, 0) is 0 Å². The number of imidazole rings is 1. The minimum Gasteiger partial charge on any atom is -0.397 e. The number of aromatic nitrogens is 2. The Bertz CT molecular complexity index is 446. The molecule has 0 bridgehead atoms. The number of hydrogen-bond donors (Lipinski definition) is 2. The second-order valence-corrected chi connectivity index (χ2v) is 3.34. The number of fused-ring (bicyclic) bond motifs is 1. The van der Waals surface area contributed by atoms with Crippen molar-refractivity contribution in [2.24, 2.45) is 5.73 Å². The van der Waals surface area contributed by atoms with E-state index in [1.807, 2.05) is 29.7 Å². The summed E-state index contributed by atoms with van der Waals surface area (Å²) in [6.45, 7) is 2.04. The fourth-order valence-electron chi connectivity index (χ4n) is 1.54. The zero-order chi connectivity index (χ0) is 10.1. The molecule has 0 aliphatic heterocycles. The van der Waals surface area contributed by atoms with Crippen LogP contribution in [0.25, 0.3) is 11.0 Å². The van der Waals surface area contributed by atoms with E-state index in [2.05, 4.69) is 4.98 Å². The summed E-state index contributed by atoms with van der Waals surface area (Å²) < 4.78 is 1.95. The molecule has 1 unspecified atom stereocenters. The first-order valence-electron chi connectivity index (χ1n) is 4.70. The van der Waals surface area contributed by atoms with Crippen LogP contribution in [0.2, 0.25) is 0 Å². The standard InChI is InChI=1S/C10H14N4/c1-2-9(12)14-6-13-10-7(11)4-3-5-8(10)14/h3-6,9H,2,11-12H2,1H3. The van der Waals surface area contributed by atoms with E-state index in [-0.39, 0.29) is 6.17 Å². The summed E-state index contributed by atoms with van der Waals surface area (Å²) in [7, 11) is 0. The maximum atomic E-state index is 5.94. The van der Waals surface area contributed by atoms with Crippen LogP contribution in [0, 0.1) is 0 Å². The number of hydrogen-bond acceptors (Lipinski definition) is 3. The van der Waals surface area contributed by atoms with Crippen LogP contribution in [0.4, 0.5) is 5.69 Å². The highest BCUT2D eigenvalue weighted by atomic mass is 15.1. The molecule has 0 saturated carbocycles. The number of anilines is 1. The van der Waals surface area contributed by atoms with Crippen LogP contribution in [-0.4, -0.2) is 9.55 Å². The number of benzene rings is 1. The smallest absolute Gasteiger partial charge is 0.111 e. The predicted octanol–water partition coefficient (Wildman–Crippen LogP) is 1.49. The van der Waals surface area contributed by atoms with Crippen molar-refractivity contribution < 1.29 is 0 Å². The predicted molar refractivity (Wildman–Crippen MR) is 57.7 cm³/mol. The Kier molecular flexibility index (Phi) is 2.13. The molecular weight excluding hydrogens is 176 g/mol. The third kappa shape index (κ3) is 1.24. The lowest BCUT2D eigenvalue weighted by Crippen LogP contribution is -2.16. The molecule has 1 aromatic heterocycles. The van der Waals surface area contributed by atoms with Gasteiger partial charge in [-0.2, -0.15) is 0 Å². The monoisotopic (exact) mass is 190 g/mol. The van der Waals surface area contributed by atoms with Gasteiger partial charge in [-0.05, 0) is 18.6 Å². The summed E-state index contributed by atoms with van der Waals surface area (Å²) in [6, 6.07) is 5.74. The van der Waals surface area contributed by atoms with Gasteiger partial charge in [0.25, 0.3) is 0 Å². The van der Waals surface area contributed by atoms with Gasteiger partial charge in [-0.25, -0.2) is 4.98 Å². The zero-order valence-corrected chi connectivity index (χ0v) is 8.14. The van der Waals surface area contributed by atoms with Crippen molar-refractivity contribution in [2.45, 2.75) is 19.5 Å². The topological polar surface area (TPSA) is 69.9 Å². The lowest BCUT2D eigenvalue weighted by molar-refractivity contribution is 0.518. The first kappa shape index (κ1) is 9.02. The van der Waals surface area contributed by atoms with Gasteiger partial charge in [-0.3, -0.25) is 0 Å². The second-order valence-electron chi connectivity index (χ2n) is 3.34. The molecule has 4 heteroatoms. The molecule has 0 spiro atoms. The average Bonchev–Trinajstić information content (AvgIpc) is 2.62. The highest BCUT2D eigenvalue weighted by molar-refractivity contribution is 5.87. The Morgan fingerprint density at radius 3 is 3.00 bits per heavy atom. The Labute approximate surface area is 82.5 Å². The molecule has 1 heterocycles. The minimum atomic E-state index is -0.0261. The van der Waals surface area contributed by atoms with E-state index in [4.69, 9.17) is 11.5 Å². The van der Waals surface area contributed by atoms with Crippen LogP contribution < -0.4 is 11.5 Å². The Morgan fingerprint density at radius 1 is 1.50 bits per heavy atom. The molecule has 2 aromatic rings. The lowest BCUT2D eigenvalue weighted by Gasteiger charge is -2.11. The lowest BCUT2D eigenvalue weighted by atomic mass is 10.2. The van der Waals surface area contributed by atoms with Crippen LogP contribution >= 0.6 is 0 Å². The molecule has 2 rings (SSSR count). The molecule has 4 N–H and O–H groups in total. The number of rotatable bonds is 2. The molecule has 74 valence electrons. The Balaban J connectivity index is 2.63. The highest BCUT2D eigenvalue weighted by Crippen LogP contribution is 2.21. The molecule has 14 heavy (non-hydrogen) atoms. The molecular formula is C10H14N4. The van der Waals surface area contributed by atoms with E-state index in [9.17, 15) is 0 Å². The fourth-order valence-corrected chi connectivity index (χ4v) is 1.54. The third-order valence-electron chi connectivity index (χ3n) is 2.41. The van der Waals surface area contributed by atoms with Crippen LogP contribution in [0.1, 0.15) is 19.5 Å². The molecule has 1 aromatic carbocycles. The van der Waals surface area contributed by atoms with Gasteiger partial charge in [0.05, 0.1) is 23.7 Å². The van der Waals surface area contributed by atoms with Crippen molar-refractivity contribution in [3.8, 4) is 0 Å². The second kappa shape index (κ2) is 3.31. The van der Waals surface area contributed by atoms with Gasteiger partial charge < -0.3 is 16.0 Å². The first-order chi connectivity index (χ1) is 6.74. The van der Waals surface area contributed by atoms with Crippen molar-refractivity contribution in [1.29, 1.82) is 0 Å². The molecule has 0 fully saturated rings. The quantitative estimate of drug-likeness (QED) is 0.705. The van der Waals surface area contributed by atoms with E-state index in [1.54, 1.807) is 6.33 Å². The zero-order valence-electron chi connectivity index (χ0n) is 8.14. The highest BCUT2D eigenvalue weighted by Gasteiger charge is 2.08. The van der Waals surface area contributed by atoms with Crippen LogP contribution in [0.15, 0.2) is 24.5 Å². The molecule has 0 amide bonds. The van der Waals surface area contributed by atoms with Gasteiger partial charge in [0, 0.05) is 0 Å². The maximum Gasteiger partial charge on any atom is 0.111 e. The number of nitrogens with two attached hydrogens (primary N) is 2. The van der Waals surface area contributed by atoms with Gasteiger partial charge >= 0.3 is 0 Å². The molecule has 4 nitrogen and oxygen atoms in total. The summed E-state index contributed by atoms with van der Waals surface area (Å²) in [5.74, 6) is 0. The molecule has 0 aliphatic rings. The van der Waals surface area contributed by atoms with Crippen molar-refractivity contribution in [3.05, 3.63) is 24.5 Å². The van der Waals surface area contributed by atoms with Gasteiger partial charge in [-0.1, -0.05) is 13.0 Å². The number of nitrogens with zero attached hydrogens (tertiary/aromatic N) is 2. The first-order valence-corrected chi connectivity index (χ1v) is 4.70. The number of nitrogen functional groups attached to an aromatic ring is 1. The van der Waals surface area contributed by atoms with E-state index in [0.29, 0.717) is 5.69 Å². The van der Waals surface area contributed by atoms with E-state index >= 15 is 0 Å². The van der Waals surface area contributed by atoms with Crippen LogP contribution in [0.5, 0.6) is 0 Å². The van der Waals surface area contributed by atoms with Gasteiger partial charge in [0.2, 0.25) is 0 Å². The summed E-state index contributed by atoms with van der Waals surface area (Å²) in [5, 5.41) is 0. The summed E-state index contributed by atoms with van der Waals surface area (Å²) in [5.41, 5.74) is 14.3. The van der Waals surface area contributed by atoms with Crippen LogP contribution in [0.3, 0.4) is 0 Å². The van der Waals surface area contributed by atoms with Crippen molar-refractivity contribution in [2.75, 3.05) is 5.73 Å². The molecule has 0 radical (unpaired) electrons. The molecule has 0 aliphatic carbocycles. The normalized spacial score (nSPS) is 13.3. The largest absolute Gasteiger partial charge is 0.397 e. The minimum absolute atomic E-state index is 0.0261. The van der Waals surface area contributed by atoms with E-state index < -0.39 is 0 Å². The maximum absolute atomic E-state index is 5.94. The third-order valence-corrected chi connectivity index (χ3v) is 2.41. The van der Waals surface area contributed by atoms with Gasteiger partial charge in [0.15, 0.2) is 0 Å². The Hall–Kier alpha value is -1.55. The van der Waals surface area contributed by atoms with Crippen molar-refractivity contribution in [3.63, 3.8) is 0 Å². The van der Waals surface area contributed by atoms with Crippen molar-refractivity contribution >= 4 is 16.7 Å². The van der Waals surface area contributed by atoms with Gasteiger partial charge in [0.1, 0.15) is 5.52 Å². The summed E-state index contributed by atoms with van der Waals surface area (Å²) in [6.07, 6.45) is 2.59. The van der Waals surface area contributed by atoms with Gasteiger partial charge in [-0.15, -0.1) is 0 Å². The summed E-state index contributed by atoms with van der Waals surface area (Å²) >= 11 is 0. The van der Waals surface area contributed by atoms with Crippen molar-refractivity contribution in [1.82, 2.24) is 9.55 Å². The van der Waals surface area contributed by atoms with E-state index in [1.165, 1.54) is 0 Å².